The van der Waals surface area contributed by atoms with Crippen molar-refractivity contribution in [1.82, 2.24) is 0 Å². The Morgan fingerprint density at radius 3 is 2.30 bits per heavy atom. The number of carbonyl (C=O) groups is 1. The molecular formula is C19H21NO6S. The van der Waals surface area contributed by atoms with Crippen molar-refractivity contribution >= 4 is 21.5 Å². The van der Waals surface area contributed by atoms with E-state index in [1.54, 1.807) is 33.9 Å². The summed E-state index contributed by atoms with van der Waals surface area (Å²) in [4.78, 5) is 12.2. The van der Waals surface area contributed by atoms with Crippen LogP contribution in [0.15, 0.2) is 23.1 Å². The molecule has 8 heteroatoms. The summed E-state index contributed by atoms with van der Waals surface area (Å²) in [6.07, 6.45) is 0. The van der Waals surface area contributed by atoms with Gasteiger partial charge in [0.2, 0.25) is 6.79 Å². The second-order valence-corrected chi connectivity index (χ2v) is 8.01. The lowest BCUT2D eigenvalue weighted by molar-refractivity contribution is 0.101. The SMILES string of the molecule is COc1cc(C)c(S(=O)(=O)Nc2cc3c(cc2C(C)=O)OCO3)c(C)c1C. The minimum absolute atomic E-state index is 0.0266. The molecule has 0 bridgehead atoms. The van der Waals surface area contributed by atoms with E-state index in [-0.39, 0.29) is 28.7 Å². The number of carbonyl (C=O) groups excluding carboxylic acids is 1. The molecule has 144 valence electrons. The van der Waals surface area contributed by atoms with E-state index < -0.39 is 10.0 Å². The van der Waals surface area contributed by atoms with E-state index in [0.29, 0.717) is 28.4 Å². The molecule has 0 amide bonds. The Bertz CT molecular complexity index is 1040. The third-order valence-corrected chi connectivity index (χ3v) is 6.26. The lowest BCUT2D eigenvalue weighted by Gasteiger charge is -2.18. The minimum atomic E-state index is -3.95. The van der Waals surface area contributed by atoms with Crippen LogP contribution in [0.2, 0.25) is 0 Å². The van der Waals surface area contributed by atoms with Crippen molar-refractivity contribution in [2.45, 2.75) is 32.6 Å². The summed E-state index contributed by atoms with van der Waals surface area (Å²) in [5.74, 6) is 1.13. The van der Waals surface area contributed by atoms with E-state index in [2.05, 4.69) is 4.72 Å². The normalized spacial score (nSPS) is 12.8. The van der Waals surface area contributed by atoms with Gasteiger partial charge in [0, 0.05) is 11.6 Å². The molecule has 1 heterocycles. The van der Waals surface area contributed by atoms with Crippen molar-refractivity contribution < 1.29 is 27.4 Å². The maximum Gasteiger partial charge on any atom is 0.262 e. The fourth-order valence-corrected chi connectivity index (χ4v) is 4.76. The number of fused-ring (bicyclic) bond motifs is 1. The van der Waals surface area contributed by atoms with Gasteiger partial charge in [0.05, 0.1) is 17.7 Å². The topological polar surface area (TPSA) is 90.9 Å². The van der Waals surface area contributed by atoms with Gasteiger partial charge in [-0.2, -0.15) is 0 Å². The van der Waals surface area contributed by atoms with Gasteiger partial charge in [-0.3, -0.25) is 9.52 Å². The minimum Gasteiger partial charge on any atom is -0.496 e. The number of ether oxygens (including phenoxy) is 3. The van der Waals surface area contributed by atoms with Gasteiger partial charge in [-0.25, -0.2) is 8.42 Å². The van der Waals surface area contributed by atoms with Gasteiger partial charge < -0.3 is 14.2 Å². The second-order valence-electron chi connectivity index (χ2n) is 6.39. The van der Waals surface area contributed by atoms with Crippen molar-refractivity contribution in [3.8, 4) is 17.2 Å². The van der Waals surface area contributed by atoms with E-state index in [1.165, 1.54) is 19.1 Å². The largest absolute Gasteiger partial charge is 0.496 e. The summed E-state index contributed by atoms with van der Waals surface area (Å²) >= 11 is 0. The Labute approximate surface area is 158 Å². The monoisotopic (exact) mass is 391 g/mol. The number of benzene rings is 2. The van der Waals surface area contributed by atoms with Gasteiger partial charge in [-0.1, -0.05) is 0 Å². The molecule has 0 unspecified atom stereocenters. The third kappa shape index (κ3) is 3.32. The highest BCUT2D eigenvalue weighted by atomic mass is 32.2. The number of methoxy groups -OCH3 is 1. The van der Waals surface area contributed by atoms with Gasteiger partial charge in [0.15, 0.2) is 17.3 Å². The summed E-state index contributed by atoms with van der Waals surface area (Å²) in [6, 6.07) is 4.64. The lowest BCUT2D eigenvalue weighted by atomic mass is 10.1. The van der Waals surface area contributed by atoms with E-state index in [9.17, 15) is 13.2 Å². The number of sulfonamides is 1. The van der Waals surface area contributed by atoms with Crippen LogP contribution in [0.5, 0.6) is 17.2 Å². The number of hydrogen-bond acceptors (Lipinski definition) is 6. The highest BCUT2D eigenvalue weighted by molar-refractivity contribution is 7.92. The Morgan fingerprint density at radius 2 is 1.70 bits per heavy atom. The Balaban J connectivity index is 2.11. The molecular weight excluding hydrogens is 370 g/mol. The number of rotatable bonds is 5. The Morgan fingerprint density at radius 1 is 1.07 bits per heavy atom. The molecule has 1 aliphatic rings. The van der Waals surface area contributed by atoms with E-state index in [4.69, 9.17) is 14.2 Å². The number of Topliss-reactive ketones (excluding diaryl/α,β-unsaturated/α-hetero) is 1. The van der Waals surface area contributed by atoms with Gasteiger partial charge in [0.25, 0.3) is 10.0 Å². The Kier molecular flexibility index (Phi) is 4.77. The summed E-state index contributed by atoms with van der Waals surface area (Å²) in [7, 11) is -2.41. The van der Waals surface area contributed by atoms with Crippen LogP contribution in [0, 0.1) is 20.8 Å². The molecule has 7 nitrogen and oxygen atoms in total. The maximum atomic E-state index is 13.1. The van der Waals surface area contributed by atoms with Crippen LogP contribution in [0.1, 0.15) is 34.0 Å². The van der Waals surface area contributed by atoms with Crippen LogP contribution in [-0.4, -0.2) is 28.1 Å². The summed E-state index contributed by atoms with van der Waals surface area (Å²) < 4.78 is 44.7. The van der Waals surface area contributed by atoms with Crippen LogP contribution in [0.3, 0.4) is 0 Å². The number of hydrogen-bond donors (Lipinski definition) is 1. The molecule has 0 spiro atoms. The number of aryl methyl sites for hydroxylation is 1. The summed E-state index contributed by atoms with van der Waals surface area (Å²) in [5, 5.41) is 0. The number of anilines is 1. The quantitative estimate of drug-likeness (QED) is 0.786. The average molecular weight is 391 g/mol. The fourth-order valence-electron chi connectivity index (χ4n) is 3.16. The maximum absolute atomic E-state index is 13.1. The Hall–Kier alpha value is -2.74. The predicted molar refractivity (Wildman–Crippen MR) is 101 cm³/mol. The van der Waals surface area contributed by atoms with Crippen LogP contribution in [0.25, 0.3) is 0 Å². The van der Waals surface area contributed by atoms with E-state index in [0.717, 1.165) is 5.56 Å². The van der Waals surface area contributed by atoms with Crippen molar-refractivity contribution in [3.63, 3.8) is 0 Å². The number of ketones is 1. The molecule has 3 rings (SSSR count). The first-order valence-electron chi connectivity index (χ1n) is 8.28. The molecule has 1 aliphatic heterocycles. The molecule has 2 aromatic carbocycles. The van der Waals surface area contributed by atoms with Crippen molar-refractivity contribution in [1.29, 1.82) is 0 Å². The summed E-state index contributed by atoms with van der Waals surface area (Å²) in [5.41, 5.74) is 2.24. The molecule has 1 N–H and O–H groups in total. The van der Waals surface area contributed by atoms with E-state index >= 15 is 0 Å². The third-order valence-electron chi connectivity index (χ3n) is 4.60. The highest BCUT2D eigenvalue weighted by Gasteiger charge is 2.26. The zero-order valence-corrected chi connectivity index (χ0v) is 16.6. The van der Waals surface area contributed by atoms with Crippen LogP contribution in [-0.2, 0) is 10.0 Å². The first-order chi connectivity index (χ1) is 12.7. The smallest absolute Gasteiger partial charge is 0.262 e. The van der Waals surface area contributed by atoms with Crippen LogP contribution in [0.4, 0.5) is 5.69 Å². The first kappa shape index (κ1) is 19.0. The van der Waals surface area contributed by atoms with Crippen molar-refractivity contribution in [3.05, 3.63) is 40.5 Å². The standard InChI is InChI=1S/C19H21NO6S/c1-10-6-16(24-5)11(2)12(3)19(10)27(22,23)20-15-8-18-17(25-9-26-18)7-14(15)13(4)21/h6-8,20H,9H2,1-5H3. The fraction of sp³-hybridized carbons (Fsp3) is 0.316. The zero-order valence-electron chi connectivity index (χ0n) is 15.8. The average Bonchev–Trinajstić information content (AvgIpc) is 3.03. The van der Waals surface area contributed by atoms with Crippen molar-refractivity contribution in [2.75, 3.05) is 18.6 Å². The van der Waals surface area contributed by atoms with Crippen molar-refractivity contribution in [2.24, 2.45) is 0 Å². The predicted octanol–water partition coefficient (Wildman–Crippen LogP) is 3.35. The van der Waals surface area contributed by atoms with E-state index in [1.807, 2.05) is 0 Å². The molecule has 2 aromatic rings. The molecule has 27 heavy (non-hydrogen) atoms. The van der Waals surface area contributed by atoms with Crippen LogP contribution < -0.4 is 18.9 Å². The first-order valence-corrected chi connectivity index (χ1v) is 9.76. The van der Waals surface area contributed by atoms with Gasteiger partial charge in [-0.05, 0) is 56.5 Å². The zero-order chi connectivity index (χ0) is 19.9. The van der Waals surface area contributed by atoms with Gasteiger partial charge in [-0.15, -0.1) is 0 Å². The molecule has 0 saturated carbocycles. The molecule has 0 fully saturated rings. The molecule has 0 saturated heterocycles. The summed E-state index contributed by atoms with van der Waals surface area (Å²) in [6.45, 7) is 6.62. The lowest BCUT2D eigenvalue weighted by Crippen LogP contribution is -2.18. The van der Waals surface area contributed by atoms with Gasteiger partial charge >= 0.3 is 0 Å². The van der Waals surface area contributed by atoms with Gasteiger partial charge in [0.1, 0.15) is 5.75 Å². The highest BCUT2D eigenvalue weighted by Crippen LogP contribution is 2.39. The molecule has 0 atom stereocenters. The molecule has 0 aromatic heterocycles. The second kappa shape index (κ2) is 6.77. The molecule has 0 radical (unpaired) electrons. The van der Waals surface area contributed by atoms with Crippen LogP contribution >= 0.6 is 0 Å². The molecule has 0 aliphatic carbocycles. The number of nitrogens with one attached hydrogen (secondary N) is 1.